The molecule has 1 amide bonds. The monoisotopic (exact) mass is 453 g/mol. The van der Waals surface area contributed by atoms with Gasteiger partial charge in [-0.15, -0.1) is 0 Å². The van der Waals surface area contributed by atoms with E-state index in [2.05, 4.69) is 15.6 Å². The molecule has 0 saturated heterocycles. The SMILES string of the molecule is CC1=C(C(=O)Nc2ccccc2F)[C@@H](c2cccnc2)C2=C(C[C@H](c3ccccc3)CC2=O)N1. The van der Waals surface area contributed by atoms with E-state index in [0.717, 1.165) is 16.8 Å². The van der Waals surface area contributed by atoms with Gasteiger partial charge in [-0.3, -0.25) is 14.6 Å². The van der Waals surface area contributed by atoms with Crippen molar-refractivity contribution in [3.8, 4) is 0 Å². The minimum absolute atomic E-state index is 0.000137. The van der Waals surface area contributed by atoms with Gasteiger partial charge in [0.25, 0.3) is 5.91 Å². The van der Waals surface area contributed by atoms with Gasteiger partial charge < -0.3 is 10.6 Å². The molecule has 2 N–H and O–H groups in total. The van der Waals surface area contributed by atoms with Gasteiger partial charge >= 0.3 is 0 Å². The highest BCUT2D eigenvalue weighted by atomic mass is 19.1. The van der Waals surface area contributed by atoms with Gasteiger partial charge in [-0.2, -0.15) is 0 Å². The van der Waals surface area contributed by atoms with Crippen molar-refractivity contribution in [3.05, 3.63) is 119 Å². The second kappa shape index (κ2) is 9.06. The standard InChI is InChI=1S/C28H24FN3O2/c1-17-25(28(34)32-22-12-6-5-11-21(22)29)26(19-10-7-13-30-16-19)27-23(31-17)14-20(15-24(27)33)18-8-3-2-4-9-18/h2-13,16,20,26,31H,14-15H2,1H3,(H,32,34)/t20-,26+/m0/s1. The smallest absolute Gasteiger partial charge is 0.254 e. The van der Waals surface area contributed by atoms with Crippen molar-refractivity contribution in [1.82, 2.24) is 10.3 Å². The van der Waals surface area contributed by atoms with E-state index in [-0.39, 0.29) is 17.4 Å². The van der Waals surface area contributed by atoms with E-state index in [1.807, 2.05) is 43.3 Å². The van der Waals surface area contributed by atoms with Gasteiger partial charge in [0.1, 0.15) is 5.82 Å². The van der Waals surface area contributed by atoms with E-state index >= 15 is 0 Å². The zero-order valence-electron chi connectivity index (χ0n) is 18.7. The van der Waals surface area contributed by atoms with Crippen molar-refractivity contribution in [1.29, 1.82) is 0 Å². The van der Waals surface area contributed by atoms with Crippen molar-refractivity contribution in [2.75, 3.05) is 5.32 Å². The summed E-state index contributed by atoms with van der Waals surface area (Å²) in [5.41, 5.74) is 4.41. The average Bonchev–Trinajstić information content (AvgIpc) is 2.85. The zero-order valence-corrected chi connectivity index (χ0v) is 18.7. The van der Waals surface area contributed by atoms with Crippen LogP contribution in [0.2, 0.25) is 0 Å². The normalized spacial score (nSPS) is 20.0. The van der Waals surface area contributed by atoms with E-state index in [1.165, 1.54) is 12.1 Å². The molecule has 0 fully saturated rings. The van der Waals surface area contributed by atoms with Gasteiger partial charge in [-0.05, 0) is 48.6 Å². The first kappa shape index (κ1) is 21.8. The molecule has 6 heteroatoms. The number of halogens is 1. The van der Waals surface area contributed by atoms with Crippen LogP contribution in [0.25, 0.3) is 0 Å². The van der Waals surface area contributed by atoms with Crippen LogP contribution >= 0.6 is 0 Å². The molecular weight excluding hydrogens is 429 g/mol. The molecule has 3 aromatic rings. The summed E-state index contributed by atoms with van der Waals surface area (Å²) in [5.74, 6) is -1.49. The first-order chi connectivity index (χ1) is 16.5. The molecule has 34 heavy (non-hydrogen) atoms. The fourth-order valence-electron chi connectivity index (χ4n) is 4.93. The summed E-state index contributed by atoms with van der Waals surface area (Å²) in [6.07, 6.45) is 4.37. The Bertz CT molecular complexity index is 1320. The topological polar surface area (TPSA) is 71.1 Å². The van der Waals surface area contributed by atoms with Gasteiger partial charge in [0.2, 0.25) is 0 Å². The van der Waals surface area contributed by atoms with Crippen LogP contribution in [0.5, 0.6) is 0 Å². The van der Waals surface area contributed by atoms with Gasteiger partial charge in [-0.1, -0.05) is 48.5 Å². The van der Waals surface area contributed by atoms with E-state index < -0.39 is 17.6 Å². The summed E-state index contributed by atoms with van der Waals surface area (Å²) < 4.78 is 14.2. The van der Waals surface area contributed by atoms with Crippen molar-refractivity contribution in [2.45, 2.75) is 31.6 Å². The van der Waals surface area contributed by atoms with Crippen molar-refractivity contribution in [3.63, 3.8) is 0 Å². The van der Waals surface area contributed by atoms with Crippen molar-refractivity contribution in [2.24, 2.45) is 0 Å². The molecule has 2 aromatic carbocycles. The molecular formula is C28H24FN3O2. The number of nitrogens with one attached hydrogen (secondary N) is 2. The Morgan fingerprint density at radius 1 is 1.00 bits per heavy atom. The lowest BCUT2D eigenvalue weighted by atomic mass is 9.72. The maximum absolute atomic E-state index is 14.2. The van der Waals surface area contributed by atoms with Gasteiger partial charge in [0.05, 0.1) is 5.69 Å². The molecule has 0 radical (unpaired) electrons. The molecule has 1 aliphatic carbocycles. The molecule has 1 aromatic heterocycles. The Labute approximate surface area is 197 Å². The summed E-state index contributed by atoms with van der Waals surface area (Å²) in [4.78, 5) is 31.2. The molecule has 5 rings (SSSR count). The molecule has 0 saturated carbocycles. The molecule has 170 valence electrons. The number of para-hydroxylation sites is 1. The Hall–Kier alpha value is -4.06. The van der Waals surface area contributed by atoms with Crippen LogP contribution in [0.15, 0.2) is 102 Å². The van der Waals surface area contributed by atoms with Crippen LogP contribution < -0.4 is 10.6 Å². The number of carbonyl (C=O) groups excluding carboxylic acids is 2. The van der Waals surface area contributed by atoms with Gasteiger partial charge in [0.15, 0.2) is 5.78 Å². The van der Waals surface area contributed by atoms with Crippen LogP contribution in [-0.4, -0.2) is 16.7 Å². The lowest BCUT2D eigenvalue weighted by Gasteiger charge is -2.37. The number of hydrogen-bond donors (Lipinski definition) is 2. The van der Waals surface area contributed by atoms with Crippen LogP contribution in [0.1, 0.15) is 42.7 Å². The van der Waals surface area contributed by atoms with Gasteiger partial charge in [0, 0.05) is 47.3 Å². The van der Waals surface area contributed by atoms with E-state index in [4.69, 9.17) is 0 Å². The minimum atomic E-state index is -0.582. The number of pyridine rings is 1. The van der Waals surface area contributed by atoms with E-state index in [0.29, 0.717) is 29.7 Å². The highest BCUT2D eigenvalue weighted by Gasteiger charge is 2.41. The number of anilines is 1. The molecule has 2 heterocycles. The number of rotatable bonds is 4. The van der Waals surface area contributed by atoms with Crippen LogP contribution in [0, 0.1) is 5.82 Å². The highest BCUT2D eigenvalue weighted by Crippen LogP contribution is 2.45. The fourth-order valence-corrected chi connectivity index (χ4v) is 4.93. The molecule has 0 unspecified atom stereocenters. The Balaban J connectivity index is 1.56. The third-order valence-electron chi connectivity index (χ3n) is 6.48. The highest BCUT2D eigenvalue weighted by molar-refractivity contribution is 6.10. The van der Waals surface area contributed by atoms with Crippen LogP contribution in [0.3, 0.4) is 0 Å². The number of aromatic nitrogens is 1. The lowest BCUT2D eigenvalue weighted by Crippen LogP contribution is -2.37. The average molecular weight is 454 g/mol. The molecule has 1 aliphatic heterocycles. The zero-order chi connectivity index (χ0) is 23.7. The summed E-state index contributed by atoms with van der Waals surface area (Å²) in [6, 6.07) is 19.7. The Kier molecular flexibility index (Phi) is 5.80. The molecule has 2 atom stereocenters. The number of allylic oxidation sites excluding steroid dienone is 3. The largest absolute Gasteiger partial charge is 0.362 e. The predicted molar refractivity (Wildman–Crippen MR) is 128 cm³/mol. The number of ketones is 1. The quantitative estimate of drug-likeness (QED) is 0.568. The molecule has 5 nitrogen and oxygen atoms in total. The fraction of sp³-hybridized carbons (Fsp3) is 0.179. The number of benzene rings is 2. The number of dihydropyridines is 1. The maximum Gasteiger partial charge on any atom is 0.254 e. The third kappa shape index (κ3) is 4.03. The number of amides is 1. The van der Waals surface area contributed by atoms with Crippen LogP contribution in [-0.2, 0) is 9.59 Å². The number of hydrogen-bond acceptors (Lipinski definition) is 4. The second-order valence-corrected chi connectivity index (χ2v) is 8.65. The summed E-state index contributed by atoms with van der Waals surface area (Å²) in [5, 5.41) is 6.03. The number of nitrogens with zero attached hydrogens (tertiary/aromatic N) is 1. The lowest BCUT2D eigenvalue weighted by molar-refractivity contribution is -0.116. The van der Waals surface area contributed by atoms with Crippen molar-refractivity contribution < 1.29 is 14.0 Å². The first-order valence-corrected chi connectivity index (χ1v) is 11.3. The number of carbonyl (C=O) groups is 2. The van der Waals surface area contributed by atoms with Crippen LogP contribution in [0.4, 0.5) is 10.1 Å². The second-order valence-electron chi connectivity index (χ2n) is 8.65. The summed E-state index contributed by atoms with van der Waals surface area (Å²) in [7, 11) is 0. The summed E-state index contributed by atoms with van der Waals surface area (Å²) in [6.45, 7) is 1.82. The third-order valence-corrected chi connectivity index (χ3v) is 6.48. The molecule has 0 spiro atoms. The predicted octanol–water partition coefficient (Wildman–Crippen LogP) is 5.22. The van der Waals surface area contributed by atoms with Crippen molar-refractivity contribution >= 4 is 17.4 Å². The molecule has 2 aliphatic rings. The Morgan fingerprint density at radius 3 is 2.47 bits per heavy atom. The number of Topliss-reactive ketones (excluding diaryl/α,β-unsaturated/α-hetero) is 1. The van der Waals surface area contributed by atoms with E-state index in [9.17, 15) is 14.0 Å². The minimum Gasteiger partial charge on any atom is -0.362 e. The van der Waals surface area contributed by atoms with E-state index in [1.54, 1.807) is 30.6 Å². The summed E-state index contributed by atoms with van der Waals surface area (Å²) >= 11 is 0. The van der Waals surface area contributed by atoms with Gasteiger partial charge in [-0.25, -0.2) is 4.39 Å². The first-order valence-electron chi connectivity index (χ1n) is 11.3. The Morgan fingerprint density at radius 2 is 1.74 bits per heavy atom. The maximum atomic E-state index is 14.2. The molecule has 0 bridgehead atoms.